The van der Waals surface area contributed by atoms with Crippen molar-refractivity contribution in [2.45, 2.75) is 19.7 Å². The van der Waals surface area contributed by atoms with E-state index in [2.05, 4.69) is 0 Å². The molecule has 0 saturated heterocycles. The van der Waals surface area contributed by atoms with Gasteiger partial charge < -0.3 is 9.15 Å². The summed E-state index contributed by atoms with van der Waals surface area (Å²) in [5.41, 5.74) is 2.33. The fourth-order valence-electron chi connectivity index (χ4n) is 2.55. The van der Waals surface area contributed by atoms with E-state index in [9.17, 15) is 9.59 Å². The van der Waals surface area contributed by atoms with Crippen LogP contribution in [0.1, 0.15) is 27.0 Å². The zero-order valence-electron chi connectivity index (χ0n) is 13.3. The average Bonchev–Trinajstić information content (AvgIpc) is 2.52. The van der Waals surface area contributed by atoms with E-state index in [1.54, 1.807) is 30.3 Å². The maximum absolute atomic E-state index is 12.3. The van der Waals surface area contributed by atoms with E-state index in [4.69, 9.17) is 20.8 Å². The van der Waals surface area contributed by atoms with Gasteiger partial charge in [-0.25, -0.2) is 9.59 Å². The number of hydrogen-bond acceptors (Lipinski definition) is 4. The minimum Gasteiger partial charge on any atom is -0.423 e. The van der Waals surface area contributed by atoms with Crippen molar-refractivity contribution in [2.75, 3.05) is 0 Å². The first-order chi connectivity index (χ1) is 11.5. The lowest BCUT2D eigenvalue weighted by molar-refractivity contribution is 0.0730. The third-order valence-corrected chi connectivity index (χ3v) is 3.89. The first-order valence-corrected chi connectivity index (χ1v) is 7.93. The SMILES string of the molecule is Cc1cc(C)cc(OC(=O)c2cc3cc(CCl)ccc3oc2=O)c1. The normalized spacial score (nSPS) is 10.8. The average molecular weight is 343 g/mol. The van der Waals surface area contributed by atoms with Crippen molar-refractivity contribution in [3.63, 3.8) is 0 Å². The fraction of sp³-hybridized carbons (Fsp3) is 0.158. The largest absolute Gasteiger partial charge is 0.423 e. The van der Waals surface area contributed by atoms with Crippen molar-refractivity contribution in [3.05, 3.63) is 75.1 Å². The first-order valence-electron chi connectivity index (χ1n) is 7.39. The molecular weight excluding hydrogens is 328 g/mol. The van der Waals surface area contributed by atoms with Crippen molar-refractivity contribution in [3.8, 4) is 5.75 Å². The maximum Gasteiger partial charge on any atom is 0.351 e. The van der Waals surface area contributed by atoms with Crippen LogP contribution in [0.2, 0.25) is 0 Å². The number of esters is 1. The Balaban J connectivity index is 1.99. The summed E-state index contributed by atoms with van der Waals surface area (Å²) in [7, 11) is 0. The zero-order valence-corrected chi connectivity index (χ0v) is 14.0. The molecule has 0 atom stereocenters. The smallest absolute Gasteiger partial charge is 0.351 e. The lowest BCUT2D eigenvalue weighted by Gasteiger charge is -2.07. The zero-order chi connectivity index (χ0) is 17.3. The molecule has 0 unspecified atom stereocenters. The van der Waals surface area contributed by atoms with E-state index in [0.717, 1.165) is 16.7 Å². The Hall–Kier alpha value is -2.59. The molecule has 0 bridgehead atoms. The number of ether oxygens (including phenoxy) is 1. The summed E-state index contributed by atoms with van der Waals surface area (Å²) in [5.74, 6) is -0.0179. The van der Waals surface area contributed by atoms with Gasteiger partial charge in [0.2, 0.25) is 0 Å². The fourth-order valence-corrected chi connectivity index (χ4v) is 2.72. The highest BCUT2D eigenvalue weighted by molar-refractivity contribution is 6.17. The molecule has 1 aromatic heterocycles. The van der Waals surface area contributed by atoms with Crippen LogP contribution in [0.25, 0.3) is 11.0 Å². The van der Waals surface area contributed by atoms with Crippen LogP contribution in [0.3, 0.4) is 0 Å². The van der Waals surface area contributed by atoms with Crippen LogP contribution in [0.5, 0.6) is 5.75 Å². The topological polar surface area (TPSA) is 56.5 Å². The van der Waals surface area contributed by atoms with E-state index in [-0.39, 0.29) is 5.56 Å². The van der Waals surface area contributed by atoms with Crippen LogP contribution in [-0.2, 0) is 5.88 Å². The van der Waals surface area contributed by atoms with E-state index in [1.165, 1.54) is 6.07 Å². The lowest BCUT2D eigenvalue weighted by atomic mass is 10.1. The predicted octanol–water partition coefficient (Wildman–Crippen LogP) is 4.37. The molecule has 0 aliphatic carbocycles. The summed E-state index contributed by atoms with van der Waals surface area (Å²) >= 11 is 5.81. The van der Waals surface area contributed by atoms with Gasteiger partial charge in [-0.05, 0) is 60.9 Å². The number of alkyl halides is 1. The molecule has 0 amide bonds. The van der Waals surface area contributed by atoms with Crippen LogP contribution in [0, 0.1) is 13.8 Å². The Morgan fingerprint density at radius 3 is 2.46 bits per heavy atom. The lowest BCUT2D eigenvalue weighted by Crippen LogP contribution is -2.18. The molecular formula is C19H15ClO4. The van der Waals surface area contributed by atoms with E-state index in [0.29, 0.717) is 22.6 Å². The maximum atomic E-state index is 12.3. The monoisotopic (exact) mass is 342 g/mol. The van der Waals surface area contributed by atoms with Gasteiger partial charge in [-0.2, -0.15) is 0 Å². The molecule has 3 aromatic rings. The molecule has 0 aliphatic rings. The van der Waals surface area contributed by atoms with Gasteiger partial charge in [-0.3, -0.25) is 0 Å². The van der Waals surface area contributed by atoms with Crippen LogP contribution >= 0.6 is 11.6 Å². The summed E-state index contributed by atoms with van der Waals surface area (Å²) in [6, 6.07) is 12.1. The van der Waals surface area contributed by atoms with Gasteiger partial charge in [0.1, 0.15) is 16.9 Å². The number of rotatable bonds is 3. The van der Waals surface area contributed by atoms with Crippen molar-refractivity contribution >= 4 is 28.5 Å². The van der Waals surface area contributed by atoms with E-state index in [1.807, 2.05) is 19.9 Å². The van der Waals surface area contributed by atoms with Crippen LogP contribution in [0.4, 0.5) is 0 Å². The van der Waals surface area contributed by atoms with Crippen molar-refractivity contribution in [2.24, 2.45) is 0 Å². The number of carbonyl (C=O) groups excluding carboxylic acids is 1. The second-order valence-electron chi connectivity index (χ2n) is 5.67. The Bertz CT molecular complexity index is 968. The number of benzene rings is 2. The second kappa shape index (κ2) is 6.49. The minimum absolute atomic E-state index is 0.145. The quantitative estimate of drug-likeness (QED) is 0.307. The van der Waals surface area contributed by atoms with Gasteiger partial charge in [-0.1, -0.05) is 12.1 Å². The summed E-state index contributed by atoms with van der Waals surface area (Å²) in [6.45, 7) is 3.81. The molecule has 2 aromatic carbocycles. The van der Waals surface area contributed by atoms with Crippen molar-refractivity contribution in [1.29, 1.82) is 0 Å². The number of carbonyl (C=O) groups is 1. The molecule has 0 aliphatic heterocycles. The molecule has 1 heterocycles. The first kappa shape index (κ1) is 16.3. The van der Waals surface area contributed by atoms with Gasteiger partial charge in [-0.15, -0.1) is 11.6 Å². The third kappa shape index (κ3) is 3.34. The molecule has 4 nitrogen and oxygen atoms in total. The Morgan fingerprint density at radius 1 is 1.08 bits per heavy atom. The number of fused-ring (bicyclic) bond motifs is 1. The highest BCUT2D eigenvalue weighted by Crippen LogP contribution is 2.20. The van der Waals surface area contributed by atoms with Crippen molar-refractivity contribution in [1.82, 2.24) is 0 Å². The minimum atomic E-state index is -0.744. The number of aryl methyl sites for hydroxylation is 2. The molecule has 0 saturated carbocycles. The number of halogens is 1. The van der Waals surface area contributed by atoms with Gasteiger partial charge in [0.15, 0.2) is 0 Å². The second-order valence-corrected chi connectivity index (χ2v) is 5.93. The molecule has 122 valence electrons. The molecule has 0 spiro atoms. The molecule has 24 heavy (non-hydrogen) atoms. The Labute approximate surface area is 143 Å². The Kier molecular flexibility index (Phi) is 4.40. The highest BCUT2D eigenvalue weighted by atomic mass is 35.5. The summed E-state index contributed by atoms with van der Waals surface area (Å²) in [6.07, 6.45) is 0. The standard InChI is InChI=1S/C19H15ClO4/c1-11-5-12(2)7-15(6-11)23-18(21)16-9-14-8-13(10-20)3-4-17(14)24-19(16)22/h3-9H,10H2,1-2H3. The molecule has 3 rings (SSSR count). The van der Waals surface area contributed by atoms with E-state index < -0.39 is 11.6 Å². The number of hydrogen-bond donors (Lipinski definition) is 0. The molecule has 0 radical (unpaired) electrons. The van der Waals surface area contributed by atoms with Gasteiger partial charge in [0.05, 0.1) is 0 Å². The van der Waals surface area contributed by atoms with Crippen LogP contribution < -0.4 is 10.4 Å². The van der Waals surface area contributed by atoms with Gasteiger partial charge in [0.25, 0.3) is 0 Å². The van der Waals surface area contributed by atoms with E-state index >= 15 is 0 Å². The molecule has 0 N–H and O–H groups in total. The summed E-state index contributed by atoms with van der Waals surface area (Å²) in [5, 5.41) is 0.625. The van der Waals surface area contributed by atoms with Crippen LogP contribution in [-0.4, -0.2) is 5.97 Å². The molecule has 0 fully saturated rings. The summed E-state index contributed by atoms with van der Waals surface area (Å²) < 4.78 is 10.5. The Morgan fingerprint density at radius 2 is 1.79 bits per heavy atom. The van der Waals surface area contributed by atoms with Crippen molar-refractivity contribution < 1.29 is 13.9 Å². The van der Waals surface area contributed by atoms with Crippen LogP contribution in [0.15, 0.2) is 51.7 Å². The highest BCUT2D eigenvalue weighted by Gasteiger charge is 2.16. The third-order valence-electron chi connectivity index (χ3n) is 3.58. The predicted molar refractivity (Wildman–Crippen MR) is 92.9 cm³/mol. The molecule has 5 heteroatoms. The summed E-state index contributed by atoms with van der Waals surface area (Å²) in [4.78, 5) is 24.4. The van der Waals surface area contributed by atoms with Gasteiger partial charge >= 0.3 is 11.6 Å². The van der Waals surface area contributed by atoms with Gasteiger partial charge in [0, 0.05) is 11.3 Å².